The van der Waals surface area contributed by atoms with Crippen molar-refractivity contribution in [3.05, 3.63) is 48.5 Å². The van der Waals surface area contributed by atoms with Crippen LogP contribution in [-0.2, 0) is 14.8 Å². The van der Waals surface area contributed by atoms with Gasteiger partial charge >= 0.3 is 0 Å². The molecule has 1 saturated heterocycles. The molecule has 0 aromatic heterocycles. The Morgan fingerprint density at radius 2 is 1.82 bits per heavy atom. The summed E-state index contributed by atoms with van der Waals surface area (Å²) in [5.74, 6) is 0.423. The molecule has 28 heavy (non-hydrogen) atoms. The molecule has 1 aliphatic rings. The number of rotatable bonds is 7. The minimum absolute atomic E-state index is 0.168. The predicted octanol–water partition coefficient (Wildman–Crippen LogP) is 3.60. The second-order valence-electron chi connectivity index (χ2n) is 6.48. The predicted molar refractivity (Wildman–Crippen MR) is 111 cm³/mol. The summed E-state index contributed by atoms with van der Waals surface area (Å²) < 4.78 is 32.6. The lowest BCUT2D eigenvalue weighted by molar-refractivity contribution is -0.113. The molecule has 1 heterocycles. The van der Waals surface area contributed by atoms with Crippen LogP contribution in [0, 0.1) is 0 Å². The number of carbonyl (C=O) groups is 1. The number of carbonyl (C=O) groups excluding carboxylic acids is 1. The van der Waals surface area contributed by atoms with Gasteiger partial charge in [-0.15, -0.1) is 11.8 Å². The van der Waals surface area contributed by atoms with Gasteiger partial charge in [0.05, 0.1) is 23.4 Å². The fraction of sp³-hybridized carbons (Fsp3) is 0.350. The van der Waals surface area contributed by atoms with E-state index < -0.39 is 10.0 Å². The fourth-order valence-electron chi connectivity index (χ4n) is 3.05. The Kier molecular flexibility index (Phi) is 6.98. The first-order valence-corrected chi connectivity index (χ1v) is 11.6. The number of benzene rings is 2. The van der Waals surface area contributed by atoms with Crippen molar-refractivity contribution in [1.29, 1.82) is 0 Å². The van der Waals surface area contributed by atoms with Crippen molar-refractivity contribution in [1.82, 2.24) is 4.31 Å². The number of piperidine rings is 1. The highest BCUT2D eigenvalue weighted by atomic mass is 32.2. The Morgan fingerprint density at radius 3 is 2.50 bits per heavy atom. The second kappa shape index (κ2) is 9.45. The average Bonchev–Trinajstić information content (AvgIpc) is 2.73. The number of sulfonamides is 1. The number of nitrogens with one attached hydrogen (secondary N) is 1. The fourth-order valence-corrected chi connectivity index (χ4v) is 5.31. The maximum atomic E-state index is 12.9. The average molecular weight is 421 g/mol. The summed E-state index contributed by atoms with van der Waals surface area (Å²) in [7, 11) is -2.09. The first-order chi connectivity index (χ1) is 13.5. The van der Waals surface area contributed by atoms with E-state index >= 15 is 0 Å². The van der Waals surface area contributed by atoms with E-state index in [2.05, 4.69) is 5.32 Å². The zero-order chi connectivity index (χ0) is 20.0. The summed E-state index contributed by atoms with van der Waals surface area (Å²) in [5.41, 5.74) is 0.360. The summed E-state index contributed by atoms with van der Waals surface area (Å²) in [6.07, 6.45) is 2.79. The molecule has 0 bridgehead atoms. The van der Waals surface area contributed by atoms with Gasteiger partial charge in [0.25, 0.3) is 0 Å². The molecular weight excluding hydrogens is 396 g/mol. The Morgan fingerprint density at radius 1 is 1.11 bits per heavy atom. The lowest BCUT2D eigenvalue weighted by Gasteiger charge is -2.26. The minimum Gasteiger partial charge on any atom is -0.495 e. The molecule has 0 unspecified atom stereocenters. The van der Waals surface area contributed by atoms with E-state index in [1.165, 1.54) is 35.3 Å². The Hall–Kier alpha value is -2.03. The van der Waals surface area contributed by atoms with Crippen LogP contribution in [0.1, 0.15) is 19.3 Å². The lowest BCUT2D eigenvalue weighted by Crippen LogP contribution is -2.35. The Balaban J connectivity index is 1.74. The van der Waals surface area contributed by atoms with Gasteiger partial charge in [0.2, 0.25) is 15.9 Å². The number of ether oxygens (including phenoxy) is 1. The van der Waals surface area contributed by atoms with Gasteiger partial charge in [0.1, 0.15) is 5.75 Å². The van der Waals surface area contributed by atoms with E-state index in [1.807, 2.05) is 30.3 Å². The monoisotopic (exact) mass is 420 g/mol. The molecular formula is C20H24N2O4S2. The highest BCUT2D eigenvalue weighted by molar-refractivity contribution is 8.00. The number of anilines is 1. The minimum atomic E-state index is -3.58. The summed E-state index contributed by atoms with van der Waals surface area (Å²) in [6.45, 7) is 1.06. The van der Waals surface area contributed by atoms with Crippen LogP contribution in [0.3, 0.4) is 0 Å². The topological polar surface area (TPSA) is 75.7 Å². The molecule has 0 saturated carbocycles. The first kappa shape index (κ1) is 20.7. The van der Waals surface area contributed by atoms with Crippen molar-refractivity contribution in [3.8, 4) is 5.75 Å². The Labute approximate surface area is 170 Å². The second-order valence-corrected chi connectivity index (χ2v) is 9.46. The van der Waals surface area contributed by atoms with Crippen molar-refractivity contribution < 1.29 is 17.9 Å². The van der Waals surface area contributed by atoms with Gasteiger partial charge < -0.3 is 10.1 Å². The van der Waals surface area contributed by atoms with Crippen LogP contribution in [0.25, 0.3) is 0 Å². The molecule has 0 atom stereocenters. The standard InChI is InChI=1S/C20H24N2O4S2/c1-26-19-11-10-17(28(24,25)22-12-6-3-7-13-22)14-18(19)21-20(23)15-27-16-8-4-2-5-9-16/h2,4-5,8-11,14H,3,6-7,12-13,15H2,1H3,(H,21,23). The van der Waals surface area contributed by atoms with Crippen LogP contribution in [0.2, 0.25) is 0 Å². The number of hydrogen-bond donors (Lipinski definition) is 1. The van der Waals surface area contributed by atoms with Crippen LogP contribution in [0.5, 0.6) is 5.75 Å². The molecule has 1 aliphatic heterocycles. The molecule has 3 rings (SSSR count). The summed E-state index contributed by atoms with van der Waals surface area (Å²) in [5, 5.41) is 2.78. The van der Waals surface area contributed by atoms with Crippen molar-refractivity contribution in [2.75, 3.05) is 31.3 Å². The highest BCUT2D eigenvalue weighted by Gasteiger charge is 2.27. The molecule has 1 amide bonds. The summed E-state index contributed by atoms with van der Waals surface area (Å²) in [6, 6.07) is 14.2. The van der Waals surface area contributed by atoms with E-state index in [0.29, 0.717) is 24.5 Å². The molecule has 1 fully saturated rings. The number of nitrogens with zero attached hydrogens (tertiary/aromatic N) is 1. The number of hydrogen-bond acceptors (Lipinski definition) is 5. The largest absolute Gasteiger partial charge is 0.495 e. The van der Waals surface area contributed by atoms with Crippen LogP contribution >= 0.6 is 11.8 Å². The van der Waals surface area contributed by atoms with Crippen LogP contribution in [-0.4, -0.2) is 44.6 Å². The van der Waals surface area contributed by atoms with Gasteiger partial charge in [0, 0.05) is 18.0 Å². The van der Waals surface area contributed by atoms with Crippen molar-refractivity contribution in [3.63, 3.8) is 0 Å². The zero-order valence-corrected chi connectivity index (χ0v) is 17.4. The normalized spacial score (nSPS) is 15.2. The molecule has 150 valence electrons. The molecule has 8 heteroatoms. The van der Waals surface area contributed by atoms with Gasteiger partial charge in [-0.1, -0.05) is 24.6 Å². The zero-order valence-electron chi connectivity index (χ0n) is 15.8. The van der Waals surface area contributed by atoms with Gasteiger partial charge in [0.15, 0.2) is 0 Å². The number of methoxy groups -OCH3 is 1. The van der Waals surface area contributed by atoms with E-state index in [-0.39, 0.29) is 16.6 Å². The molecule has 0 aliphatic carbocycles. The SMILES string of the molecule is COc1ccc(S(=O)(=O)N2CCCCC2)cc1NC(=O)CSc1ccccc1. The van der Waals surface area contributed by atoms with Crippen LogP contribution in [0.15, 0.2) is 58.3 Å². The first-order valence-electron chi connectivity index (χ1n) is 9.16. The molecule has 0 spiro atoms. The lowest BCUT2D eigenvalue weighted by atomic mass is 10.2. The summed E-state index contributed by atoms with van der Waals surface area (Å²) >= 11 is 1.41. The van der Waals surface area contributed by atoms with E-state index in [9.17, 15) is 13.2 Å². The molecule has 2 aromatic carbocycles. The van der Waals surface area contributed by atoms with E-state index in [4.69, 9.17) is 4.74 Å². The van der Waals surface area contributed by atoms with Gasteiger partial charge in [-0.2, -0.15) is 4.31 Å². The summed E-state index contributed by atoms with van der Waals surface area (Å²) in [4.78, 5) is 13.5. The van der Waals surface area contributed by atoms with E-state index in [0.717, 1.165) is 24.2 Å². The van der Waals surface area contributed by atoms with Crippen molar-refractivity contribution in [2.24, 2.45) is 0 Å². The smallest absolute Gasteiger partial charge is 0.243 e. The maximum absolute atomic E-state index is 12.9. The number of thioether (sulfide) groups is 1. The van der Waals surface area contributed by atoms with E-state index in [1.54, 1.807) is 6.07 Å². The third-order valence-electron chi connectivity index (χ3n) is 4.51. The third-order valence-corrected chi connectivity index (χ3v) is 7.42. The van der Waals surface area contributed by atoms with Crippen molar-refractivity contribution in [2.45, 2.75) is 29.1 Å². The van der Waals surface area contributed by atoms with Crippen LogP contribution in [0.4, 0.5) is 5.69 Å². The maximum Gasteiger partial charge on any atom is 0.243 e. The Bertz CT molecular complexity index is 911. The van der Waals surface area contributed by atoms with Gasteiger partial charge in [-0.25, -0.2) is 8.42 Å². The molecule has 6 nitrogen and oxygen atoms in total. The quantitative estimate of drug-likeness (QED) is 0.693. The van der Waals surface area contributed by atoms with Crippen molar-refractivity contribution >= 4 is 33.4 Å². The van der Waals surface area contributed by atoms with Gasteiger partial charge in [-0.3, -0.25) is 4.79 Å². The molecule has 0 radical (unpaired) electrons. The van der Waals surface area contributed by atoms with Gasteiger partial charge in [-0.05, 0) is 43.2 Å². The molecule has 2 aromatic rings. The third kappa shape index (κ3) is 5.06. The molecule has 1 N–H and O–H groups in total. The highest BCUT2D eigenvalue weighted by Crippen LogP contribution is 2.30. The number of amides is 1. The van der Waals surface area contributed by atoms with Crippen LogP contribution < -0.4 is 10.1 Å².